The maximum Gasteiger partial charge on any atom is 0.344 e. The molecule has 0 aromatic heterocycles. The van der Waals surface area contributed by atoms with Crippen LogP contribution in [-0.4, -0.2) is 45.2 Å². The molecule has 10 heteroatoms. The molecule has 0 spiro atoms. The second-order valence-electron chi connectivity index (χ2n) is 9.71. The fraction of sp³-hybridized carbons (Fsp3) is 0.0938. The summed E-state index contributed by atoms with van der Waals surface area (Å²) >= 11 is 0. The first-order valence-electron chi connectivity index (χ1n) is 12.5. The zero-order valence-corrected chi connectivity index (χ0v) is 22.4. The predicted octanol–water partition coefficient (Wildman–Crippen LogP) is 5.55. The predicted molar refractivity (Wildman–Crippen MR) is 149 cm³/mol. The molecule has 0 aliphatic heterocycles. The molecule has 42 heavy (non-hydrogen) atoms. The van der Waals surface area contributed by atoms with Crippen LogP contribution in [0, 0.1) is 0 Å². The first-order chi connectivity index (χ1) is 19.9. The number of carbonyl (C=O) groups excluding carboxylic acids is 2. The molecule has 10 nitrogen and oxygen atoms in total. The van der Waals surface area contributed by atoms with Crippen LogP contribution in [0.2, 0.25) is 0 Å². The number of benzene rings is 4. The zero-order chi connectivity index (χ0) is 30.6. The summed E-state index contributed by atoms with van der Waals surface area (Å²) in [6.07, 6.45) is 0. The van der Waals surface area contributed by atoms with E-state index in [2.05, 4.69) is 0 Å². The van der Waals surface area contributed by atoms with Crippen molar-refractivity contribution in [1.29, 1.82) is 0 Å². The molecule has 0 saturated heterocycles. The molecule has 0 atom stereocenters. The van der Waals surface area contributed by atoms with Gasteiger partial charge in [0.1, 0.15) is 11.5 Å². The van der Waals surface area contributed by atoms with Gasteiger partial charge in [0.2, 0.25) is 0 Å². The highest BCUT2D eigenvalue weighted by atomic mass is 16.5. The Morgan fingerprint density at radius 2 is 1.00 bits per heavy atom. The van der Waals surface area contributed by atoms with Gasteiger partial charge in [0.15, 0.2) is 0 Å². The summed E-state index contributed by atoms with van der Waals surface area (Å²) in [7, 11) is 0. The highest BCUT2D eigenvalue weighted by Crippen LogP contribution is 2.33. The van der Waals surface area contributed by atoms with Gasteiger partial charge in [0, 0.05) is 5.41 Å². The lowest BCUT2D eigenvalue weighted by Gasteiger charge is -2.26. The molecule has 0 unspecified atom stereocenters. The number of carbonyl (C=O) groups is 5. The van der Waals surface area contributed by atoms with Crippen LogP contribution in [0.25, 0.3) is 0 Å². The maximum atomic E-state index is 12.7. The summed E-state index contributed by atoms with van der Waals surface area (Å²) in [5.74, 6) is -5.14. The molecule has 4 aromatic carbocycles. The van der Waals surface area contributed by atoms with Crippen molar-refractivity contribution in [3.05, 3.63) is 130 Å². The van der Waals surface area contributed by atoms with Crippen LogP contribution < -0.4 is 9.47 Å². The molecular weight excluding hydrogens is 544 g/mol. The first-order valence-corrected chi connectivity index (χ1v) is 12.5. The smallest absolute Gasteiger partial charge is 0.344 e. The number of esters is 2. The Morgan fingerprint density at radius 1 is 0.524 bits per heavy atom. The van der Waals surface area contributed by atoms with Gasteiger partial charge in [0.05, 0.1) is 27.8 Å². The third-order valence-corrected chi connectivity index (χ3v) is 6.64. The second-order valence-corrected chi connectivity index (χ2v) is 9.71. The van der Waals surface area contributed by atoms with Gasteiger partial charge in [-0.05, 0) is 71.8 Å². The van der Waals surface area contributed by atoms with Crippen molar-refractivity contribution in [2.24, 2.45) is 0 Å². The highest BCUT2D eigenvalue weighted by Gasteiger charge is 2.25. The SMILES string of the molecule is CC(C)(c1ccc(OC(=O)c2cccc(C(=O)O)c2)cc1)c1ccc(OC(=O)c2ccc(C(=O)O)cc2C(=O)O)cc1. The molecule has 212 valence electrons. The normalized spacial score (nSPS) is 10.9. The minimum atomic E-state index is -1.46. The summed E-state index contributed by atoms with van der Waals surface area (Å²) in [5.41, 5.74) is 0.252. The van der Waals surface area contributed by atoms with Gasteiger partial charge in [-0.15, -0.1) is 0 Å². The molecule has 0 heterocycles. The zero-order valence-electron chi connectivity index (χ0n) is 22.4. The van der Waals surface area contributed by atoms with Crippen molar-refractivity contribution < 1.29 is 48.8 Å². The van der Waals surface area contributed by atoms with E-state index in [0.717, 1.165) is 29.3 Å². The van der Waals surface area contributed by atoms with E-state index in [1.807, 2.05) is 13.8 Å². The lowest BCUT2D eigenvalue weighted by molar-refractivity contribution is 0.0664. The van der Waals surface area contributed by atoms with Crippen LogP contribution in [0.1, 0.15) is 76.8 Å². The molecule has 4 aromatic rings. The topological polar surface area (TPSA) is 164 Å². The Hall–Kier alpha value is -5.77. The van der Waals surface area contributed by atoms with Crippen LogP contribution in [0.5, 0.6) is 11.5 Å². The largest absolute Gasteiger partial charge is 0.478 e. The van der Waals surface area contributed by atoms with Crippen LogP contribution in [0.3, 0.4) is 0 Å². The second kappa shape index (κ2) is 11.8. The van der Waals surface area contributed by atoms with Crippen LogP contribution in [0.4, 0.5) is 0 Å². The molecule has 0 aliphatic rings. The van der Waals surface area contributed by atoms with Gasteiger partial charge < -0.3 is 24.8 Å². The van der Waals surface area contributed by atoms with Gasteiger partial charge >= 0.3 is 29.8 Å². The van der Waals surface area contributed by atoms with Crippen LogP contribution in [0.15, 0.2) is 91.0 Å². The Bertz CT molecular complexity index is 1700. The first kappa shape index (κ1) is 29.2. The molecule has 0 saturated carbocycles. The summed E-state index contributed by atoms with van der Waals surface area (Å²) in [6, 6.07) is 22.1. The Morgan fingerprint density at radius 3 is 1.50 bits per heavy atom. The Kier molecular flexibility index (Phi) is 8.19. The maximum absolute atomic E-state index is 12.7. The Balaban J connectivity index is 1.46. The number of carboxylic acid groups (broad SMARTS) is 3. The number of ether oxygens (including phenoxy) is 2. The van der Waals surface area contributed by atoms with Crippen molar-refractivity contribution >= 4 is 29.8 Å². The molecular formula is C32H24O10. The quantitative estimate of drug-likeness (QED) is 0.172. The molecule has 0 bridgehead atoms. The van der Waals surface area contributed by atoms with E-state index in [0.29, 0.717) is 0 Å². The van der Waals surface area contributed by atoms with Gasteiger partial charge in [0.25, 0.3) is 0 Å². The molecule has 0 radical (unpaired) electrons. The number of aromatic carboxylic acids is 3. The summed E-state index contributed by atoms with van der Waals surface area (Å²) in [6.45, 7) is 3.94. The van der Waals surface area contributed by atoms with Crippen molar-refractivity contribution in [3.63, 3.8) is 0 Å². The van der Waals surface area contributed by atoms with Crippen molar-refractivity contribution in [2.75, 3.05) is 0 Å². The summed E-state index contributed by atoms with van der Waals surface area (Å²) in [4.78, 5) is 59.0. The van der Waals surface area contributed by atoms with Gasteiger partial charge in [-0.1, -0.05) is 44.2 Å². The number of hydrogen-bond donors (Lipinski definition) is 3. The highest BCUT2D eigenvalue weighted by molar-refractivity contribution is 6.05. The van der Waals surface area contributed by atoms with Crippen molar-refractivity contribution in [1.82, 2.24) is 0 Å². The van der Waals surface area contributed by atoms with Crippen molar-refractivity contribution in [2.45, 2.75) is 19.3 Å². The third kappa shape index (κ3) is 6.34. The number of hydrogen-bond acceptors (Lipinski definition) is 7. The molecule has 0 aliphatic carbocycles. The Labute approximate surface area is 239 Å². The van der Waals surface area contributed by atoms with E-state index in [4.69, 9.17) is 19.7 Å². The summed E-state index contributed by atoms with van der Waals surface area (Å²) in [5, 5.41) is 27.6. The average molecular weight is 569 g/mol. The minimum Gasteiger partial charge on any atom is -0.478 e. The lowest BCUT2D eigenvalue weighted by atomic mass is 9.78. The van der Waals surface area contributed by atoms with E-state index in [1.54, 1.807) is 48.5 Å². The average Bonchev–Trinajstić information content (AvgIpc) is 2.97. The monoisotopic (exact) mass is 568 g/mol. The molecule has 3 N–H and O–H groups in total. The lowest BCUT2D eigenvalue weighted by Crippen LogP contribution is -2.19. The van der Waals surface area contributed by atoms with Gasteiger partial charge in [-0.2, -0.15) is 0 Å². The summed E-state index contributed by atoms with van der Waals surface area (Å²) < 4.78 is 10.7. The molecule has 0 fully saturated rings. The number of rotatable bonds is 9. The van der Waals surface area contributed by atoms with E-state index in [9.17, 15) is 29.1 Å². The van der Waals surface area contributed by atoms with E-state index < -0.39 is 40.8 Å². The van der Waals surface area contributed by atoms with Crippen LogP contribution in [-0.2, 0) is 5.41 Å². The van der Waals surface area contributed by atoms with Crippen molar-refractivity contribution in [3.8, 4) is 11.5 Å². The van der Waals surface area contributed by atoms with E-state index in [-0.39, 0.29) is 33.8 Å². The fourth-order valence-electron chi connectivity index (χ4n) is 4.19. The van der Waals surface area contributed by atoms with Gasteiger partial charge in [-0.3, -0.25) is 0 Å². The molecule has 0 amide bonds. The third-order valence-electron chi connectivity index (χ3n) is 6.64. The van der Waals surface area contributed by atoms with E-state index >= 15 is 0 Å². The molecule has 4 rings (SSSR count). The van der Waals surface area contributed by atoms with E-state index in [1.165, 1.54) is 24.3 Å². The minimum absolute atomic E-state index is 0.0262. The number of carboxylic acids is 3. The van der Waals surface area contributed by atoms with Crippen LogP contribution >= 0.6 is 0 Å². The standard InChI is InChI=1S/C32H24O10/c1-32(2,21-7-11-23(12-8-21)41-30(39)20-5-3-4-18(16-20)27(33)34)22-9-13-24(14-10-22)42-31(40)25-15-6-19(28(35)36)17-26(25)29(37)38/h3-17H,1-2H3,(H,33,34)(H,35,36)(H,37,38). The van der Waals surface area contributed by atoms with Gasteiger partial charge in [-0.25, -0.2) is 24.0 Å². The fourth-order valence-corrected chi connectivity index (χ4v) is 4.19.